The van der Waals surface area contributed by atoms with Crippen molar-refractivity contribution < 1.29 is 9.47 Å². The van der Waals surface area contributed by atoms with Crippen molar-refractivity contribution in [1.29, 1.82) is 0 Å². The topological polar surface area (TPSA) is 54.9 Å². The maximum absolute atomic E-state index is 6.41. The van der Waals surface area contributed by atoms with E-state index in [-0.39, 0.29) is 0 Å². The van der Waals surface area contributed by atoms with Gasteiger partial charge in [-0.15, -0.1) is 0 Å². The molecule has 0 aromatic heterocycles. The monoisotopic (exact) mass is 425 g/mol. The Morgan fingerprint density at radius 1 is 1.15 bits per heavy atom. The molecule has 0 saturated heterocycles. The van der Waals surface area contributed by atoms with Crippen LogP contribution < -0.4 is 20.2 Å². The first-order valence-electron chi connectivity index (χ1n) is 8.44. The highest BCUT2D eigenvalue weighted by Gasteiger charge is 2.12. The minimum absolute atomic E-state index is 0.350. The van der Waals surface area contributed by atoms with Crippen LogP contribution in [0.25, 0.3) is 0 Å². The summed E-state index contributed by atoms with van der Waals surface area (Å²) in [6.45, 7) is 5.41. The van der Waals surface area contributed by atoms with E-state index < -0.39 is 0 Å². The third-order valence-corrected chi connectivity index (χ3v) is 4.11. The fourth-order valence-corrected chi connectivity index (χ4v) is 2.76. The molecule has 2 rings (SSSR count). The number of hydrogen-bond donors (Lipinski definition) is 2. The van der Waals surface area contributed by atoms with Gasteiger partial charge in [0.15, 0.2) is 16.6 Å². The molecule has 0 aliphatic carbocycles. The van der Waals surface area contributed by atoms with Crippen molar-refractivity contribution >= 4 is 46.7 Å². The fraction of sp³-hybridized carbons (Fsp3) is 0.263. The number of thiocarbonyl (C=S) groups is 1. The summed E-state index contributed by atoms with van der Waals surface area (Å²) in [4.78, 5) is 0. The van der Waals surface area contributed by atoms with Gasteiger partial charge in [-0.25, -0.2) is 0 Å². The standard InChI is InChI=1S/C19H21Cl2N3O2S/c1-3-22-19(27)24-23-11-14-9-16(21)18(17(10-14)25-4-2)26-12-13-5-7-15(20)8-6-13/h5-11H,3-4,12H2,1-2H3,(H2,22,24,27)/b23-11-. The number of hydrazone groups is 1. The van der Waals surface area contributed by atoms with Crippen LogP contribution in [0.4, 0.5) is 0 Å². The van der Waals surface area contributed by atoms with Crippen molar-refractivity contribution in [3.63, 3.8) is 0 Å². The van der Waals surface area contributed by atoms with E-state index in [2.05, 4.69) is 15.8 Å². The molecular weight excluding hydrogens is 405 g/mol. The van der Waals surface area contributed by atoms with Gasteiger partial charge in [-0.05, 0) is 61.5 Å². The number of ether oxygens (including phenoxy) is 2. The number of nitrogens with one attached hydrogen (secondary N) is 2. The summed E-state index contributed by atoms with van der Waals surface area (Å²) in [5, 5.41) is 8.60. The normalized spacial score (nSPS) is 10.7. The van der Waals surface area contributed by atoms with E-state index in [0.29, 0.717) is 39.9 Å². The van der Waals surface area contributed by atoms with Crippen molar-refractivity contribution in [3.8, 4) is 11.5 Å². The lowest BCUT2D eigenvalue weighted by Crippen LogP contribution is -2.31. The van der Waals surface area contributed by atoms with Crippen molar-refractivity contribution in [2.24, 2.45) is 5.10 Å². The fourth-order valence-electron chi connectivity index (χ4n) is 2.17. The van der Waals surface area contributed by atoms with Gasteiger partial charge < -0.3 is 14.8 Å². The third-order valence-electron chi connectivity index (χ3n) is 3.35. The van der Waals surface area contributed by atoms with Gasteiger partial charge in [-0.2, -0.15) is 5.10 Å². The number of halogens is 2. The van der Waals surface area contributed by atoms with Gasteiger partial charge in [0.1, 0.15) is 6.61 Å². The van der Waals surface area contributed by atoms with Crippen molar-refractivity contribution in [2.75, 3.05) is 13.2 Å². The van der Waals surface area contributed by atoms with Crippen LogP contribution in [-0.4, -0.2) is 24.5 Å². The van der Waals surface area contributed by atoms with Gasteiger partial charge in [0.05, 0.1) is 17.8 Å². The summed E-state index contributed by atoms with van der Waals surface area (Å²) >= 11 is 17.4. The Morgan fingerprint density at radius 2 is 1.89 bits per heavy atom. The summed E-state index contributed by atoms with van der Waals surface area (Å²) < 4.78 is 11.6. The van der Waals surface area contributed by atoms with E-state index in [1.54, 1.807) is 12.3 Å². The zero-order valence-corrected chi connectivity index (χ0v) is 17.4. The highest BCUT2D eigenvalue weighted by Crippen LogP contribution is 2.37. The Hall–Kier alpha value is -2.02. The van der Waals surface area contributed by atoms with Crippen molar-refractivity contribution in [3.05, 3.63) is 57.6 Å². The second kappa shape index (κ2) is 11.0. The van der Waals surface area contributed by atoms with Gasteiger partial charge in [0.25, 0.3) is 0 Å². The highest BCUT2D eigenvalue weighted by molar-refractivity contribution is 7.80. The van der Waals surface area contributed by atoms with E-state index in [4.69, 9.17) is 44.9 Å². The molecule has 2 aromatic rings. The van der Waals surface area contributed by atoms with Gasteiger partial charge in [-0.1, -0.05) is 35.3 Å². The van der Waals surface area contributed by atoms with Crippen LogP contribution in [0.3, 0.4) is 0 Å². The number of nitrogens with zero attached hydrogens (tertiary/aromatic N) is 1. The van der Waals surface area contributed by atoms with Crippen LogP contribution in [0.1, 0.15) is 25.0 Å². The SMILES string of the molecule is CCNC(=S)N/N=C\c1cc(Cl)c(OCc2ccc(Cl)cc2)c(OCC)c1. The zero-order chi connectivity index (χ0) is 19.6. The van der Waals surface area contributed by atoms with Crippen molar-refractivity contribution in [1.82, 2.24) is 10.7 Å². The van der Waals surface area contributed by atoms with Crippen LogP contribution in [0.15, 0.2) is 41.5 Å². The summed E-state index contributed by atoms with van der Waals surface area (Å²) in [5.41, 5.74) is 4.47. The average molecular weight is 426 g/mol. The first-order chi connectivity index (χ1) is 13.0. The van der Waals surface area contributed by atoms with Gasteiger partial charge in [0.2, 0.25) is 0 Å². The quantitative estimate of drug-likeness (QED) is 0.361. The molecule has 2 aromatic carbocycles. The molecule has 0 unspecified atom stereocenters. The number of hydrogen-bond acceptors (Lipinski definition) is 4. The highest BCUT2D eigenvalue weighted by atomic mass is 35.5. The molecule has 0 fully saturated rings. The van der Waals surface area contributed by atoms with Crippen LogP contribution in [0.5, 0.6) is 11.5 Å². The maximum atomic E-state index is 6.41. The van der Waals surface area contributed by atoms with E-state index in [1.165, 1.54) is 0 Å². The summed E-state index contributed by atoms with van der Waals surface area (Å²) in [7, 11) is 0. The molecule has 0 radical (unpaired) electrons. The first kappa shape index (κ1) is 21.3. The number of rotatable bonds is 8. The third kappa shape index (κ3) is 6.90. The lowest BCUT2D eigenvalue weighted by molar-refractivity contribution is 0.269. The maximum Gasteiger partial charge on any atom is 0.186 e. The Morgan fingerprint density at radius 3 is 2.56 bits per heavy atom. The molecule has 5 nitrogen and oxygen atoms in total. The van der Waals surface area contributed by atoms with Crippen LogP contribution in [0, 0.1) is 0 Å². The van der Waals surface area contributed by atoms with E-state index >= 15 is 0 Å². The van der Waals surface area contributed by atoms with E-state index in [9.17, 15) is 0 Å². The smallest absolute Gasteiger partial charge is 0.186 e. The molecule has 0 bridgehead atoms. The predicted molar refractivity (Wildman–Crippen MR) is 115 cm³/mol. The van der Waals surface area contributed by atoms with Gasteiger partial charge in [-0.3, -0.25) is 5.43 Å². The largest absolute Gasteiger partial charge is 0.490 e. The lowest BCUT2D eigenvalue weighted by atomic mass is 10.2. The second-order valence-electron chi connectivity index (χ2n) is 5.41. The molecule has 2 N–H and O–H groups in total. The molecule has 0 spiro atoms. The average Bonchev–Trinajstić information content (AvgIpc) is 2.63. The Balaban J connectivity index is 2.13. The molecule has 0 aliphatic heterocycles. The first-order valence-corrected chi connectivity index (χ1v) is 9.60. The molecular formula is C19H21Cl2N3O2S. The minimum Gasteiger partial charge on any atom is -0.490 e. The summed E-state index contributed by atoms with van der Waals surface area (Å²) in [5.74, 6) is 1.04. The molecule has 0 aliphatic rings. The van der Waals surface area contributed by atoms with E-state index in [0.717, 1.165) is 17.7 Å². The molecule has 0 atom stereocenters. The van der Waals surface area contributed by atoms with Crippen LogP contribution in [0.2, 0.25) is 10.0 Å². The Labute approximate surface area is 174 Å². The van der Waals surface area contributed by atoms with Crippen molar-refractivity contribution in [2.45, 2.75) is 20.5 Å². The molecule has 0 saturated carbocycles. The Kier molecular flexibility index (Phi) is 8.64. The van der Waals surface area contributed by atoms with E-state index in [1.807, 2.05) is 44.2 Å². The minimum atomic E-state index is 0.350. The summed E-state index contributed by atoms with van der Waals surface area (Å²) in [6, 6.07) is 11.0. The van der Waals surface area contributed by atoms with Crippen LogP contribution >= 0.6 is 35.4 Å². The summed E-state index contributed by atoms with van der Waals surface area (Å²) in [6.07, 6.45) is 1.61. The number of benzene rings is 2. The zero-order valence-electron chi connectivity index (χ0n) is 15.1. The molecule has 0 heterocycles. The molecule has 8 heteroatoms. The molecule has 144 valence electrons. The van der Waals surface area contributed by atoms with Gasteiger partial charge >= 0.3 is 0 Å². The second-order valence-corrected chi connectivity index (χ2v) is 6.66. The molecule has 27 heavy (non-hydrogen) atoms. The Bertz CT molecular complexity index is 798. The van der Waals surface area contributed by atoms with Gasteiger partial charge in [0, 0.05) is 11.6 Å². The lowest BCUT2D eigenvalue weighted by Gasteiger charge is -2.14. The predicted octanol–water partition coefficient (Wildman–Crippen LogP) is 4.79. The molecule has 0 amide bonds. The van der Waals surface area contributed by atoms with Crippen LogP contribution in [-0.2, 0) is 6.61 Å².